The van der Waals surface area contributed by atoms with Crippen molar-refractivity contribution in [2.24, 2.45) is 0 Å². The summed E-state index contributed by atoms with van der Waals surface area (Å²) in [7, 11) is 1.59. The Morgan fingerprint density at radius 3 is 2.71 bits per heavy atom. The lowest BCUT2D eigenvalue weighted by atomic mass is 10.2. The molecule has 1 aliphatic rings. The predicted molar refractivity (Wildman–Crippen MR) is 91.3 cm³/mol. The van der Waals surface area contributed by atoms with E-state index in [0.29, 0.717) is 42.0 Å². The molecular formula is C17H17ClN2O4. The maximum Gasteiger partial charge on any atom is 0.319 e. The molecule has 2 amide bonds. The van der Waals surface area contributed by atoms with Crippen LogP contribution in [0.2, 0.25) is 5.02 Å². The number of anilines is 1. The smallest absolute Gasteiger partial charge is 0.319 e. The van der Waals surface area contributed by atoms with Crippen molar-refractivity contribution in [3.8, 4) is 17.2 Å². The molecule has 0 spiro atoms. The fourth-order valence-corrected chi connectivity index (χ4v) is 2.59. The van der Waals surface area contributed by atoms with Crippen molar-refractivity contribution in [3.05, 3.63) is 47.0 Å². The van der Waals surface area contributed by atoms with Crippen molar-refractivity contribution in [1.82, 2.24) is 5.32 Å². The van der Waals surface area contributed by atoms with Crippen LogP contribution in [0.25, 0.3) is 0 Å². The van der Waals surface area contributed by atoms with Crippen molar-refractivity contribution in [2.75, 3.05) is 25.6 Å². The Hall–Kier alpha value is -2.60. The van der Waals surface area contributed by atoms with Gasteiger partial charge in [-0.25, -0.2) is 4.79 Å². The molecule has 6 nitrogen and oxygen atoms in total. The molecule has 2 aromatic carbocycles. The van der Waals surface area contributed by atoms with Gasteiger partial charge in [0.25, 0.3) is 0 Å². The molecule has 7 heteroatoms. The highest BCUT2D eigenvalue weighted by molar-refractivity contribution is 6.32. The van der Waals surface area contributed by atoms with E-state index in [0.717, 1.165) is 11.3 Å². The Bertz CT molecular complexity index is 734. The Morgan fingerprint density at radius 2 is 1.96 bits per heavy atom. The minimum atomic E-state index is -0.314. The van der Waals surface area contributed by atoms with Gasteiger partial charge in [0.05, 0.1) is 12.1 Å². The third kappa shape index (κ3) is 3.83. The number of carbonyl (C=O) groups excluding carboxylic acids is 1. The van der Waals surface area contributed by atoms with Gasteiger partial charge in [-0.05, 0) is 42.0 Å². The zero-order chi connectivity index (χ0) is 16.9. The highest BCUT2D eigenvalue weighted by Gasteiger charge is 2.16. The van der Waals surface area contributed by atoms with E-state index in [2.05, 4.69) is 10.6 Å². The lowest BCUT2D eigenvalue weighted by molar-refractivity contribution is 0.171. The number of nitrogens with one attached hydrogen (secondary N) is 2. The summed E-state index contributed by atoms with van der Waals surface area (Å²) in [5, 5.41) is 5.99. The summed E-state index contributed by atoms with van der Waals surface area (Å²) >= 11 is 6.18. The van der Waals surface area contributed by atoms with Gasteiger partial charge in [0.1, 0.15) is 19.0 Å². The van der Waals surface area contributed by atoms with Gasteiger partial charge in [0, 0.05) is 12.2 Å². The number of methoxy groups -OCH3 is 1. The van der Waals surface area contributed by atoms with E-state index in [4.69, 9.17) is 25.8 Å². The standard InChI is InChI=1S/C17H17ClN2O4/c1-22-13-4-2-12(3-5-13)20-17(21)19-10-11-8-14(18)16-15(9-11)23-6-7-24-16/h2-5,8-9H,6-7,10H2,1H3,(H2,19,20,21). The molecule has 2 N–H and O–H groups in total. The number of fused-ring (bicyclic) bond motifs is 1. The van der Waals surface area contributed by atoms with E-state index in [-0.39, 0.29) is 6.03 Å². The second-order valence-electron chi connectivity index (χ2n) is 5.14. The summed E-state index contributed by atoms with van der Waals surface area (Å²) in [5.41, 5.74) is 1.50. The van der Waals surface area contributed by atoms with Crippen molar-refractivity contribution in [1.29, 1.82) is 0 Å². The van der Waals surface area contributed by atoms with Crippen molar-refractivity contribution >= 4 is 23.3 Å². The zero-order valence-electron chi connectivity index (χ0n) is 13.1. The number of hydrogen-bond donors (Lipinski definition) is 2. The van der Waals surface area contributed by atoms with Crippen LogP contribution in [0.1, 0.15) is 5.56 Å². The first kappa shape index (κ1) is 16.3. The molecule has 0 saturated carbocycles. The molecular weight excluding hydrogens is 332 g/mol. The van der Waals surface area contributed by atoms with Crippen LogP contribution in [0, 0.1) is 0 Å². The fourth-order valence-electron chi connectivity index (χ4n) is 2.30. The molecule has 3 rings (SSSR count). The monoisotopic (exact) mass is 348 g/mol. The summed E-state index contributed by atoms with van der Waals surface area (Å²) < 4.78 is 16.1. The maximum atomic E-state index is 12.0. The number of ether oxygens (including phenoxy) is 3. The Labute approximate surface area is 144 Å². The molecule has 0 aromatic heterocycles. The van der Waals surface area contributed by atoms with Gasteiger partial charge < -0.3 is 24.8 Å². The number of benzene rings is 2. The van der Waals surface area contributed by atoms with Gasteiger partial charge in [-0.1, -0.05) is 11.6 Å². The van der Waals surface area contributed by atoms with Crippen molar-refractivity contribution < 1.29 is 19.0 Å². The molecule has 0 aliphatic carbocycles. The third-order valence-electron chi connectivity index (χ3n) is 3.46. The molecule has 0 fully saturated rings. The van der Waals surface area contributed by atoms with E-state index in [1.807, 2.05) is 6.07 Å². The van der Waals surface area contributed by atoms with Crippen LogP contribution >= 0.6 is 11.6 Å². The van der Waals surface area contributed by atoms with Crippen LogP contribution in [-0.2, 0) is 6.54 Å². The number of rotatable bonds is 4. The molecule has 0 atom stereocenters. The van der Waals surface area contributed by atoms with E-state index < -0.39 is 0 Å². The van der Waals surface area contributed by atoms with Crippen molar-refractivity contribution in [2.45, 2.75) is 6.54 Å². The average molecular weight is 349 g/mol. The molecule has 0 bridgehead atoms. The van der Waals surface area contributed by atoms with Gasteiger partial charge in [-0.2, -0.15) is 0 Å². The van der Waals surface area contributed by atoms with Crippen LogP contribution in [0.3, 0.4) is 0 Å². The number of urea groups is 1. The molecule has 126 valence electrons. The van der Waals surface area contributed by atoms with Gasteiger partial charge >= 0.3 is 6.03 Å². The Morgan fingerprint density at radius 1 is 1.21 bits per heavy atom. The predicted octanol–water partition coefficient (Wildman–Crippen LogP) is 3.44. The van der Waals surface area contributed by atoms with Crippen LogP contribution < -0.4 is 24.8 Å². The van der Waals surface area contributed by atoms with Crippen LogP contribution in [0.4, 0.5) is 10.5 Å². The second-order valence-corrected chi connectivity index (χ2v) is 5.55. The SMILES string of the molecule is COc1ccc(NC(=O)NCc2cc(Cl)c3c(c2)OCCO3)cc1. The van der Waals surface area contributed by atoms with E-state index >= 15 is 0 Å². The third-order valence-corrected chi connectivity index (χ3v) is 3.74. The van der Waals surface area contributed by atoms with E-state index in [9.17, 15) is 4.79 Å². The quantitative estimate of drug-likeness (QED) is 0.888. The number of hydrogen-bond acceptors (Lipinski definition) is 4. The highest BCUT2D eigenvalue weighted by atomic mass is 35.5. The lowest BCUT2D eigenvalue weighted by Crippen LogP contribution is -2.28. The summed E-state index contributed by atoms with van der Waals surface area (Å²) in [6, 6.07) is 10.3. The molecule has 0 unspecified atom stereocenters. The molecule has 24 heavy (non-hydrogen) atoms. The molecule has 1 aliphatic heterocycles. The number of halogens is 1. The van der Waals surface area contributed by atoms with Crippen molar-refractivity contribution in [3.63, 3.8) is 0 Å². The highest BCUT2D eigenvalue weighted by Crippen LogP contribution is 2.38. The molecule has 0 saturated heterocycles. The van der Waals surface area contributed by atoms with E-state index in [1.165, 1.54) is 0 Å². The van der Waals surface area contributed by atoms with Crippen LogP contribution in [0.5, 0.6) is 17.2 Å². The van der Waals surface area contributed by atoms with Gasteiger partial charge in [0.15, 0.2) is 11.5 Å². The minimum Gasteiger partial charge on any atom is -0.497 e. The molecule has 0 radical (unpaired) electrons. The minimum absolute atomic E-state index is 0.314. The fraction of sp³-hybridized carbons (Fsp3) is 0.235. The average Bonchev–Trinajstić information content (AvgIpc) is 2.61. The Kier molecular flexibility index (Phi) is 4.96. The summed E-state index contributed by atoms with van der Waals surface area (Å²) in [5.74, 6) is 1.88. The van der Waals surface area contributed by atoms with Gasteiger partial charge in [0.2, 0.25) is 0 Å². The maximum absolute atomic E-state index is 12.0. The van der Waals surface area contributed by atoms with Crippen LogP contribution in [0.15, 0.2) is 36.4 Å². The second kappa shape index (κ2) is 7.31. The summed E-state index contributed by atoms with van der Waals surface area (Å²) in [6.45, 7) is 1.28. The number of carbonyl (C=O) groups is 1. The van der Waals surface area contributed by atoms with Gasteiger partial charge in [-0.15, -0.1) is 0 Å². The van der Waals surface area contributed by atoms with Crippen LogP contribution in [-0.4, -0.2) is 26.4 Å². The zero-order valence-corrected chi connectivity index (χ0v) is 13.9. The first-order valence-corrected chi connectivity index (χ1v) is 7.80. The topological polar surface area (TPSA) is 68.8 Å². The Balaban J connectivity index is 1.58. The normalized spacial score (nSPS) is 12.4. The first-order chi connectivity index (χ1) is 11.7. The summed E-state index contributed by atoms with van der Waals surface area (Å²) in [6.07, 6.45) is 0. The number of amides is 2. The summed E-state index contributed by atoms with van der Waals surface area (Å²) in [4.78, 5) is 12.0. The molecule has 2 aromatic rings. The lowest BCUT2D eigenvalue weighted by Gasteiger charge is -2.20. The largest absolute Gasteiger partial charge is 0.497 e. The first-order valence-electron chi connectivity index (χ1n) is 7.42. The molecule has 1 heterocycles. The van der Waals surface area contributed by atoms with Gasteiger partial charge in [-0.3, -0.25) is 0 Å². The van der Waals surface area contributed by atoms with E-state index in [1.54, 1.807) is 37.4 Å².